The molecule has 0 atom stereocenters. The summed E-state index contributed by atoms with van der Waals surface area (Å²) in [6.45, 7) is 5.00. The largest absolute Gasteiger partial charge is 0.494 e. The normalized spacial score (nSPS) is 24.9. The molecule has 3 fully saturated rings. The number of ether oxygens (including phenoxy) is 1. The second-order valence-corrected chi connectivity index (χ2v) is 9.42. The molecule has 3 aliphatic rings. The van der Waals surface area contributed by atoms with Gasteiger partial charge in [0.25, 0.3) is 0 Å². The number of rotatable bonds is 7. The highest BCUT2D eigenvalue weighted by atomic mass is 16.5. The highest BCUT2D eigenvalue weighted by Crippen LogP contribution is 2.57. The second kappa shape index (κ2) is 9.30. The third kappa shape index (κ3) is 4.59. The van der Waals surface area contributed by atoms with Gasteiger partial charge in [-0.05, 0) is 99.1 Å². The zero-order valence-corrected chi connectivity index (χ0v) is 18.8. The molecule has 30 heavy (non-hydrogen) atoms. The van der Waals surface area contributed by atoms with Crippen molar-refractivity contribution in [3.63, 3.8) is 0 Å². The zero-order chi connectivity index (χ0) is 20.9. The van der Waals surface area contributed by atoms with Crippen LogP contribution in [0.2, 0.25) is 0 Å². The first-order valence-electron chi connectivity index (χ1n) is 12.0. The summed E-state index contributed by atoms with van der Waals surface area (Å²) in [5.41, 5.74) is 4.83. The SMILES string of the molecule is CCCCCc1ccc(C23CCC(C#Cc4ccc(OCC)cc4)(CC2)CC3)cc1. The Morgan fingerprint density at radius 1 is 0.800 bits per heavy atom. The number of unbranched alkanes of at least 4 members (excludes halogenated alkanes) is 2. The Kier molecular flexibility index (Phi) is 6.52. The molecule has 5 rings (SSSR count). The minimum Gasteiger partial charge on any atom is -0.494 e. The fourth-order valence-electron chi connectivity index (χ4n) is 5.42. The molecule has 0 aromatic heterocycles. The van der Waals surface area contributed by atoms with Gasteiger partial charge in [0.2, 0.25) is 0 Å². The standard InChI is InChI=1S/C29H36O/c1-3-5-6-7-24-8-12-26(13-9-24)29-21-18-28(19-22-29,20-23-29)17-16-25-10-14-27(15-11-25)30-4-2/h8-15H,3-7,18-23H2,1-2H3. The van der Waals surface area contributed by atoms with Crippen molar-refractivity contribution in [2.24, 2.45) is 5.41 Å². The topological polar surface area (TPSA) is 9.23 Å². The van der Waals surface area contributed by atoms with E-state index in [0.29, 0.717) is 12.0 Å². The van der Waals surface area contributed by atoms with Crippen LogP contribution in [0.4, 0.5) is 0 Å². The second-order valence-electron chi connectivity index (χ2n) is 9.42. The number of aryl methyl sites for hydroxylation is 1. The van der Waals surface area contributed by atoms with Crippen molar-refractivity contribution in [1.82, 2.24) is 0 Å². The summed E-state index contributed by atoms with van der Waals surface area (Å²) in [5.74, 6) is 8.11. The predicted molar refractivity (Wildman–Crippen MR) is 126 cm³/mol. The van der Waals surface area contributed by atoms with Crippen LogP contribution in [-0.2, 0) is 11.8 Å². The lowest BCUT2D eigenvalue weighted by molar-refractivity contribution is 0.0865. The van der Waals surface area contributed by atoms with Crippen LogP contribution in [0.25, 0.3) is 0 Å². The summed E-state index contributed by atoms with van der Waals surface area (Å²) >= 11 is 0. The first-order valence-corrected chi connectivity index (χ1v) is 12.0. The van der Waals surface area contributed by atoms with Gasteiger partial charge in [-0.15, -0.1) is 0 Å². The fourth-order valence-corrected chi connectivity index (χ4v) is 5.42. The molecule has 158 valence electrons. The minimum absolute atomic E-state index is 0.237. The van der Waals surface area contributed by atoms with E-state index >= 15 is 0 Å². The van der Waals surface area contributed by atoms with Crippen molar-refractivity contribution >= 4 is 0 Å². The molecule has 0 amide bonds. The van der Waals surface area contributed by atoms with Crippen LogP contribution in [0.15, 0.2) is 48.5 Å². The molecule has 1 nitrogen and oxygen atoms in total. The van der Waals surface area contributed by atoms with E-state index in [1.807, 2.05) is 19.1 Å². The van der Waals surface area contributed by atoms with Gasteiger partial charge < -0.3 is 4.74 Å². The van der Waals surface area contributed by atoms with E-state index < -0.39 is 0 Å². The first-order chi connectivity index (χ1) is 14.7. The van der Waals surface area contributed by atoms with Crippen LogP contribution in [0.5, 0.6) is 5.75 Å². The van der Waals surface area contributed by atoms with E-state index in [2.05, 4.69) is 55.2 Å². The smallest absolute Gasteiger partial charge is 0.119 e. The first kappa shape index (κ1) is 21.0. The molecule has 2 aromatic rings. The lowest BCUT2D eigenvalue weighted by Gasteiger charge is -2.51. The Hall–Kier alpha value is -2.20. The predicted octanol–water partition coefficient (Wildman–Crippen LogP) is 7.46. The van der Waals surface area contributed by atoms with Crippen LogP contribution < -0.4 is 4.74 Å². The lowest BCUT2D eigenvalue weighted by Crippen LogP contribution is -2.43. The van der Waals surface area contributed by atoms with Crippen molar-refractivity contribution in [2.45, 2.75) is 83.5 Å². The van der Waals surface area contributed by atoms with E-state index in [9.17, 15) is 0 Å². The number of fused-ring (bicyclic) bond motifs is 3. The average Bonchev–Trinajstić information content (AvgIpc) is 2.81. The van der Waals surface area contributed by atoms with Gasteiger partial charge in [0.1, 0.15) is 5.75 Å². The van der Waals surface area contributed by atoms with E-state index in [-0.39, 0.29) is 5.41 Å². The lowest BCUT2D eigenvalue weighted by atomic mass is 9.52. The summed E-state index contributed by atoms with van der Waals surface area (Å²) in [6, 6.07) is 17.9. The number of hydrogen-bond donors (Lipinski definition) is 0. The molecular weight excluding hydrogens is 364 g/mol. The van der Waals surface area contributed by atoms with Gasteiger partial charge in [-0.1, -0.05) is 55.9 Å². The minimum atomic E-state index is 0.237. The van der Waals surface area contributed by atoms with Gasteiger partial charge in [-0.2, -0.15) is 0 Å². The molecule has 0 N–H and O–H groups in total. The molecule has 0 unspecified atom stereocenters. The summed E-state index contributed by atoms with van der Waals surface area (Å²) in [5, 5.41) is 0. The van der Waals surface area contributed by atoms with Crippen molar-refractivity contribution in [2.75, 3.05) is 6.61 Å². The molecule has 2 bridgehead atoms. The van der Waals surface area contributed by atoms with Gasteiger partial charge in [0.05, 0.1) is 6.61 Å². The summed E-state index contributed by atoms with van der Waals surface area (Å²) in [7, 11) is 0. The summed E-state index contributed by atoms with van der Waals surface area (Å²) < 4.78 is 5.54. The van der Waals surface area contributed by atoms with Crippen LogP contribution in [0.1, 0.15) is 88.3 Å². The van der Waals surface area contributed by atoms with Crippen molar-refractivity contribution in [1.29, 1.82) is 0 Å². The van der Waals surface area contributed by atoms with Crippen LogP contribution in [0.3, 0.4) is 0 Å². The van der Waals surface area contributed by atoms with Gasteiger partial charge in [-0.3, -0.25) is 0 Å². The van der Waals surface area contributed by atoms with E-state index in [1.54, 1.807) is 5.56 Å². The monoisotopic (exact) mass is 400 g/mol. The molecule has 0 spiro atoms. The Bertz CT molecular complexity index is 854. The molecule has 2 aromatic carbocycles. The van der Waals surface area contributed by atoms with Crippen LogP contribution >= 0.6 is 0 Å². The molecule has 1 heteroatoms. The Morgan fingerprint density at radius 3 is 2.07 bits per heavy atom. The molecule has 0 heterocycles. The fraction of sp³-hybridized carbons (Fsp3) is 0.517. The third-order valence-corrected chi connectivity index (χ3v) is 7.52. The molecule has 3 saturated carbocycles. The van der Waals surface area contributed by atoms with Crippen molar-refractivity contribution in [3.8, 4) is 17.6 Å². The van der Waals surface area contributed by atoms with Gasteiger partial charge in [0.15, 0.2) is 0 Å². The Labute approximate surface area is 183 Å². The van der Waals surface area contributed by atoms with E-state index in [0.717, 1.165) is 11.3 Å². The molecule has 3 aliphatic carbocycles. The maximum Gasteiger partial charge on any atom is 0.119 e. The molecule has 0 saturated heterocycles. The quantitative estimate of drug-likeness (QED) is 0.346. The van der Waals surface area contributed by atoms with Crippen molar-refractivity contribution < 1.29 is 4.74 Å². The molecule has 0 aliphatic heterocycles. The average molecular weight is 401 g/mol. The zero-order valence-electron chi connectivity index (χ0n) is 18.8. The highest BCUT2D eigenvalue weighted by Gasteiger charge is 2.48. The van der Waals surface area contributed by atoms with Crippen molar-refractivity contribution in [3.05, 3.63) is 65.2 Å². The van der Waals surface area contributed by atoms with Crippen LogP contribution in [0, 0.1) is 17.3 Å². The van der Waals surface area contributed by atoms with Gasteiger partial charge in [0, 0.05) is 11.0 Å². The maximum atomic E-state index is 5.54. The van der Waals surface area contributed by atoms with Crippen LogP contribution in [-0.4, -0.2) is 6.61 Å². The summed E-state index contributed by atoms with van der Waals surface area (Å²) in [4.78, 5) is 0. The molecular formula is C29H36O. The van der Waals surface area contributed by atoms with E-state index in [4.69, 9.17) is 4.74 Å². The Balaban J connectivity index is 1.39. The number of hydrogen-bond acceptors (Lipinski definition) is 1. The Morgan fingerprint density at radius 2 is 1.47 bits per heavy atom. The summed E-state index contributed by atoms with van der Waals surface area (Å²) in [6.07, 6.45) is 12.8. The third-order valence-electron chi connectivity index (χ3n) is 7.52. The highest BCUT2D eigenvalue weighted by molar-refractivity contribution is 5.40. The van der Waals surface area contributed by atoms with E-state index in [1.165, 1.54) is 69.8 Å². The van der Waals surface area contributed by atoms with Gasteiger partial charge >= 0.3 is 0 Å². The maximum absolute atomic E-state index is 5.54. The van der Waals surface area contributed by atoms with Gasteiger partial charge in [-0.25, -0.2) is 0 Å². The number of benzene rings is 2. The molecule has 0 radical (unpaired) electrons.